The quantitative estimate of drug-likeness (QED) is 0.499. The molecule has 0 spiro atoms. The third kappa shape index (κ3) is 2.68. The molecule has 176 valence electrons. The van der Waals surface area contributed by atoms with E-state index in [9.17, 15) is 29.4 Å². The van der Waals surface area contributed by atoms with Crippen LogP contribution in [0, 0.1) is 22.7 Å². The van der Waals surface area contributed by atoms with Crippen LogP contribution in [0.15, 0.2) is 11.6 Å². The van der Waals surface area contributed by atoms with Crippen molar-refractivity contribution in [2.24, 2.45) is 22.7 Å². The van der Waals surface area contributed by atoms with Crippen LogP contribution in [-0.2, 0) is 23.9 Å². The van der Waals surface area contributed by atoms with Crippen LogP contribution in [-0.4, -0.2) is 51.1 Å². The number of hydrogen-bond donors (Lipinski definition) is 2. The molecule has 8 heteroatoms. The Morgan fingerprint density at radius 1 is 1.16 bits per heavy atom. The predicted octanol–water partition coefficient (Wildman–Crippen LogP) is 2.93. The van der Waals surface area contributed by atoms with E-state index in [2.05, 4.69) is 0 Å². The van der Waals surface area contributed by atoms with Gasteiger partial charge in [-0.15, -0.1) is 0 Å². The summed E-state index contributed by atoms with van der Waals surface area (Å²) in [6.45, 7) is 4.99. The lowest BCUT2D eigenvalue weighted by Crippen LogP contribution is -2.70. The van der Waals surface area contributed by atoms with Gasteiger partial charge >= 0.3 is 11.9 Å². The molecule has 2 N–H and O–H groups in total. The minimum Gasteiger partial charge on any atom is -0.475 e. The van der Waals surface area contributed by atoms with Crippen LogP contribution >= 0.6 is 0 Å². The van der Waals surface area contributed by atoms with Crippen molar-refractivity contribution in [1.29, 1.82) is 0 Å². The maximum atomic E-state index is 17.1. The van der Waals surface area contributed by atoms with Gasteiger partial charge in [-0.2, -0.15) is 0 Å². The number of halogens is 1. The van der Waals surface area contributed by atoms with Crippen LogP contribution < -0.4 is 0 Å². The van der Waals surface area contributed by atoms with E-state index in [1.807, 2.05) is 0 Å². The Hall–Kier alpha value is -2.09. The van der Waals surface area contributed by atoms with Crippen molar-refractivity contribution < 1.29 is 38.5 Å². The van der Waals surface area contributed by atoms with Gasteiger partial charge in [0, 0.05) is 29.6 Å². The molecule has 3 fully saturated rings. The average Bonchev–Trinajstić information content (AvgIpc) is 3.01. The standard InChI is InChI=1S/C24H31FO7/c1-4-18(28)32-23(19(29)20(30)31)10-8-15-16-6-5-13-11-14(26)7-9-21(13,2)24(16,25)17(27)12-22(15,23)3/h11,15-17,27H,4-10,12H2,1-3H3,(H,30,31)/t15-,16-,17?,21-,22-,23-,24-/m0/s1. The molecule has 0 aliphatic heterocycles. The number of ketones is 2. The molecule has 4 aliphatic rings. The number of rotatable bonds is 4. The maximum Gasteiger partial charge on any atom is 0.376 e. The summed E-state index contributed by atoms with van der Waals surface area (Å²) in [6.07, 6.45) is 1.51. The van der Waals surface area contributed by atoms with Crippen LogP contribution in [0.3, 0.4) is 0 Å². The van der Waals surface area contributed by atoms with Crippen molar-refractivity contribution in [2.45, 2.75) is 89.5 Å². The Balaban J connectivity index is 1.82. The summed E-state index contributed by atoms with van der Waals surface area (Å²) in [7, 11) is 0. The van der Waals surface area contributed by atoms with Gasteiger partial charge in [0.1, 0.15) is 5.67 Å². The van der Waals surface area contributed by atoms with E-state index in [0.29, 0.717) is 25.7 Å². The molecule has 32 heavy (non-hydrogen) atoms. The number of aliphatic carboxylic acids is 1. The van der Waals surface area contributed by atoms with Crippen LogP contribution in [0.25, 0.3) is 0 Å². The Morgan fingerprint density at radius 3 is 2.47 bits per heavy atom. The molecular formula is C24H31FO7. The Labute approximate surface area is 186 Å². The second-order valence-corrected chi connectivity index (χ2v) is 10.5. The van der Waals surface area contributed by atoms with E-state index in [4.69, 9.17) is 4.74 Å². The van der Waals surface area contributed by atoms with Crippen molar-refractivity contribution in [3.05, 3.63) is 11.6 Å². The molecular weight excluding hydrogens is 419 g/mol. The van der Waals surface area contributed by atoms with Crippen molar-refractivity contribution in [2.75, 3.05) is 0 Å². The van der Waals surface area contributed by atoms with E-state index in [0.717, 1.165) is 5.57 Å². The molecule has 7 nitrogen and oxygen atoms in total. The summed E-state index contributed by atoms with van der Waals surface area (Å²) in [5.41, 5.74) is -5.45. The normalized spacial score (nSPS) is 45.2. The lowest BCUT2D eigenvalue weighted by molar-refractivity contribution is -0.232. The van der Waals surface area contributed by atoms with E-state index < -0.39 is 57.8 Å². The number of hydrogen-bond acceptors (Lipinski definition) is 6. The highest BCUT2D eigenvalue weighted by molar-refractivity contribution is 6.36. The average molecular weight is 451 g/mol. The predicted molar refractivity (Wildman–Crippen MR) is 110 cm³/mol. The van der Waals surface area contributed by atoms with Crippen LogP contribution in [0.1, 0.15) is 72.1 Å². The number of carboxylic acid groups (broad SMARTS) is 1. The van der Waals surface area contributed by atoms with E-state index in [1.165, 1.54) is 6.08 Å². The van der Waals surface area contributed by atoms with Crippen molar-refractivity contribution >= 4 is 23.5 Å². The maximum absolute atomic E-state index is 17.1. The van der Waals surface area contributed by atoms with Crippen molar-refractivity contribution in [1.82, 2.24) is 0 Å². The fourth-order valence-corrected chi connectivity index (χ4v) is 7.58. The first kappa shape index (κ1) is 23.1. The minimum absolute atomic E-state index is 0.0117. The molecule has 0 radical (unpaired) electrons. The van der Waals surface area contributed by atoms with Gasteiger partial charge in [-0.3, -0.25) is 14.4 Å². The summed E-state index contributed by atoms with van der Waals surface area (Å²) in [5, 5.41) is 20.9. The first-order valence-corrected chi connectivity index (χ1v) is 11.5. The number of allylic oxidation sites excluding steroid dienone is 1. The van der Waals surface area contributed by atoms with Crippen LogP contribution in [0.5, 0.6) is 0 Å². The SMILES string of the molecule is CCC(=O)O[C@]1(C(=O)C(=O)O)CC[C@H]2[C@@H]3CCC4=CC(=O)CC[C@]4(C)[C@@]3(F)C(O)C[C@@]21C. The molecule has 4 aliphatic carbocycles. The fraction of sp³-hybridized carbons (Fsp3) is 0.750. The van der Waals surface area contributed by atoms with Gasteiger partial charge in [0.2, 0.25) is 0 Å². The fourth-order valence-electron chi connectivity index (χ4n) is 7.58. The lowest BCUT2D eigenvalue weighted by Gasteiger charge is -2.63. The number of esters is 1. The molecule has 0 aromatic heterocycles. The number of Topliss-reactive ketones (excluding diaryl/α,β-unsaturated/α-hetero) is 1. The zero-order chi connectivity index (χ0) is 23.7. The second-order valence-electron chi connectivity index (χ2n) is 10.5. The molecule has 0 bridgehead atoms. The number of carbonyl (C=O) groups is 4. The molecule has 4 rings (SSSR count). The molecule has 0 amide bonds. The third-order valence-corrected chi connectivity index (χ3v) is 9.30. The first-order valence-electron chi connectivity index (χ1n) is 11.5. The van der Waals surface area contributed by atoms with E-state index in [-0.39, 0.29) is 31.5 Å². The number of aliphatic hydroxyl groups is 1. The lowest BCUT2D eigenvalue weighted by atomic mass is 9.44. The van der Waals surface area contributed by atoms with Gasteiger partial charge in [0.05, 0.1) is 6.10 Å². The van der Waals surface area contributed by atoms with Crippen molar-refractivity contribution in [3.63, 3.8) is 0 Å². The van der Waals surface area contributed by atoms with Gasteiger partial charge < -0.3 is 14.9 Å². The topological polar surface area (TPSA) is 118 Å². The highest BCUT2D eigenvalue weighted by Gasteiger charge is 2.76. The van der Waals surface area contributed by atoms with Crippen LogP contribution in [0.4, 0.5) is 4.39 Å². The number of alkyl halides is 1. The molecule has 0 aromatic rings. The van der Waals surface area contributed by atoms with Crippen LogP contribution in [0.2, 0.25) is 0 Å². The zero-order valence-corrected chi connectivity index (χ0v) is 18.8. The Morgan fingerprint density at radius 2 is 1.84 bits per heavy atom. The molecule has 7 atom stereocenters. The Bertz CT molecular complexity index is 927. The number of fused-ring (bicyclic) bond motifs is 5. The van der Waals surface area contributed by atoms with Crippen molar-refractivity contribution in [3.8, 4) is 0 Å². The van der Waals surface area contributed by atoms with Gasteiger partial charge in [-0.25, -0.2) is 9.18 Å². The molecule has 0 aromatic carbocycles. The molecule has 0 heterocycles. The molecule has 0 saturated heterocycles. The smallest absolute Gasteiger partial charge is 0.376 e. The second kappa shape index (κ2) is 7.20. The van der Waals surface area contributed by atoms with Gasteiger partial charge in [0.15, 0.2) is 11.4 Å². The first-order chi connectivity index (χ1) is 14.9. The summed E-state index contributed by atoms with van der Waals surface area (Å²) < 4.78 is 22.7. The number of carboxylic acids is 1. The van der Waals surface area contributed by atoms with Gasteiger partial charge in [-0.05, 0) is 50.5 Å². The highest BCUT2D eigenvalue weighted by Crippen LogP contribution is 2.71. The minimum atomic E-state index is -2.01. The number of aliphatic hydroxyl groups excluding tert-OH is 1. The van der Waals surface area contributed by atoms with Gasteiger partial charge in [0.25, 0.3) is 5.78 Å². The monoisotopic (exact) mass is 450 g/mol. The van der Waals surface area contributed by atoms with Gasteiger partial charge in [-0.1, -0.05) is 26.3 Å². The summed E-state index contributed by atoms with van der Waals surface area (Å²) in [6, 6.07) is 0. The molecule has 3 saturated carbocycles. The number of ether oxygens (including phenoxy) is 1. The summed E-state index contributed by atoms with van der Waals surface area (Å²) in [4.78, 5) is 49.0. The largest absolute Gasteiger partial charge is 0.475 e. The Kier molecular flexibility index (Phi) is 5.20. The molecule has 1 unspecified atom stereocenters. The highest BCUT2D eigenvalue weighted by atomic mass is 19.1. The van der Waals surface area contributed by atoms with E-state index in [1.54, 1.807) is 20.8 Å². The number of carbonyl (C=O) groups excluding carboxylic acids is 3. The summed E-state index contributed by atoms with van der Waals surface area (Å²) in [5.74, 6) is -4.73. The summed E-state index contributed by atoms with van der Waals surface area (Å²) >= 11 is 0. The zero-order valence-electron chi connectivity index (χ0n) is 18.8. The van der Waals surface area contributed by atoms with E-state index >= 15 is 4.39 Å². The third-order valence-electron chi connectivity index (χ3n) is 9.30.